The molecule has 0 unspecified atom stereocenters. The van der Waals surface area contributed by atoms with Gasteiger partial charge in [0.2, 0.25) is 11.9 Å². The van der Waals surface area contributed by atoms with Crippen molar-refractivity contribution < 1.29 is 8.42 Å². The molecule has 1 saturated carbocycles. The number of halogens is 1. The number of anilines is 4. The zero-order valence-electron chi connectivity index (χ0n) is 21.3. The lowest BCUT2D eigenvalue weighted by atomic mass is 10.0. The second-order valence-corrected chi connectivity index (χ2v) is 12.8. The monoisotopic (exact) mass is 566 g/mol. The minimum absolute atomic E-state index is 0.0664. The van der Waals surface area contributed by atoms with Crippen LogP contribution in [0.1, 0.15) is 37.3 Å². The molecule has 2 aromatic heterocycles. The number of sulfone groups is 1. The summed E-state index contributed by atoms with van der Waals surface area (Å²) in [5.74, 6) is 1.14. The highest BCUT2D eigenvalue weighted by molar-refractivity contribution is 7.92. The summed E-state index contributed by atoms with van der Waals surface area (Å²) in [5.41, 5.74) is 2.32. The lowest BCUT2D eigenvalue weighted by Crippen LogP contribution is -2.62. The maximum absolute atomic E-state index is 11.7. The van der Waals surface area contributed by atoms with E-state index in [1.54, 1.807) is 12.1 Å². The van der Waals surface area contributed by atoms with Crippen molar-refractivity contribution >= 4 is 50.4 Å². The molecule has 1 aromatic carbocycles. The van der Waals surface area contributed by atoms with Crippen molar-refractivity contribution in [2.75, 3.05) is 46.7 Å². The van der Waals surface area contributed by atoms with Crippen molar-refractivity contribution in [2.24, 2.45) is 0 Å². The molecule has 0 spiro atoms. The van der Waals surface area contributed by atoms with Crippen LogP contribution in [0.2, 0.25) is 5.02 Å². The molecule has 2 N–H and O–H groups in total. The molecule has 1 atom stereocenters. The largest absolute Gasteiger partial charge is 0.365 e. The van der Waals surface area contributed by atoms with Crippen molar-refractivity contribution in [1.82, 2.24) is 24.5 Å². The third-order valence-electron chi connectivity index (χ3n) is 7.53. The summed E-state index contributed by atoms with van der Waals surface area (Å²) in [4.78, 5) is 13.6. The minimum atomic E-state index is -2.90. The number of hydrogen-bond donors (Lipinski definition) is 2. The minimum Gasteiger partial charge on any atom is -0.365 e. The number of nitrogens with one attached hydrogen (secondary N) is 2. The van der Waals surface area contributed by atoms with Crippen LogP contribution in [0.25, 0.3) is 5.65 Å². The van der Waals surface area contributed by atoms with Crippen LogP contribution in [0.15, 0.2) is 18.3 Å². The van der Waals surface area contributed by atoms with Gasteiger partial charge in [0.25, 0.3) is 0 Å². The Kier molecular flexibility index (Phi) is 6.46. The number of nitrogens with zero attached hydrogens (tertiary/aromatic N) is 8. The normalized spacial score (nSPS) is 21.2. The van der Waals surface area contributed by atoms with Crippen molar-refractivity contribution in [3.63, 3.8) is 0 Å². The van der Waals surface area contributed by atoms with Gasteiger partial charge in [-0.3, -0.25) is 4.90 Å². The first-order valence-electron chi connectivity index (χ1n) is 12.9. The van der Waals surface area contributed by atoms with E-state index in [-0.39, 0.29) is 29.5 Å². The number of benzene rings is 1. The van der Waals surface area contributed by atoms with Crippen LogP contribution in [0.3, 0.4) is 0 Å². The van der Waals surface area contributed by atoms with E-state index in [0.29, 0.717) is 52.6 Å². The smallest absolute Gasteiger partial charge is 0.232 e. The summed E-state index contributed by atoms with van der Waals surface area (Å²) in [6, 6.07) is 8.25. The van der Waals surface area contributed by atoms with Crippen LogP contribution in [-0.4, -0.2) is 82.2 Å². The van der Waals surface area contributed by atoms with E-state index < -0.39 is 9.84 Å². The van der Waals surface area contributed by atoms with Crippen molar-refractivity contribution in [3.05, 3.63) is 34.5 Å². The van der Waals surface area contributed by atoms with Gasteiger partial charge in [0, 0.05) is 37.8 Å². The number of aromatic nitrogens is 4. The van der Waals surface area contributed by atoms with E-state index in [0.717, 1.165) is 31.5 Å². The molecule has 4 heterocycles. The standard InChI is InChI=1S/C25H27ClN10O2S/c1-2-18-12-34(19-13-39(37,38)14-19)5-6-35(18)21-8-15(9-27)7-20(22(21)26)31-24-32-23-16(10-28)11-29-36(23)25(33-24)30-17-3-4-17/h7-8,11,17-19H,2-6,12-14H2,1H3,(H2,30,31,32,33)/t18-/m0/s1. The molecule has 202 valence electrons. The predicted octanol–water partition coefficient (Wildman–Crippen LogP) is 2.54. The van der Waals surface area contributed by atoms with Gasteiger partial charge in [-0.05, 0) is 31.4 Å². The Morgan fingerprint density at radius 1 is 1.15 bits per heavy atom. The topological polar surface area (TPSA) is 155 Å². The van der Waals surface area contributed by atoms with Crippen LogP contribution < -0.4 is 15.5 Å². The second kappa shape index (κ2) is 9.83. The highest BCUT2D eigenvalue weighted by atomic mass is 35.5. The van der Waals surface area contributed by atoms with E-state index >= 15 is 0 Å². The molecule has 2 saturated heterocycles. The summed E-state index contributed by atoms with van der Waals surface area (Å²) in [5, 5.41) is 30.5. The number of piperazine rings is 1. The first kappa shape index (κ1) is 25.6. The lowest BCUT2D eigenvalue weighted by molar-refractivity contribution is 0.173. The van der Waals surface area contributed by atoms with Gasteiger partial charge in [0.15, 0.2) is 15.5 Å². The van der Waals surface area contributed by atoms with E-state index in [4.69, 9.17) is 11.6 Å². The van der Waals surface area contributed by atoms with Gasteiger partial charge < -0.3 is 15.5 Å². The zero-order valence-corrected chi connectivity index (χ0v) is 22.9. The van der Waals surface area contributed by atoms with Crippen molar-refractivity contribution in [2.45, 2.75) is 44.3 Å². The third kappa shape index (κ3) is 4.93. The van der Waals surface area contributed by atoms with Crippen molar-refractivity contribution in [1.29, 1.82) is 10.5 Å². The maximum atomic E-state index is 11.7. The fourth-order valence-electron chi connectivity index (χ4n) is 5.24. The van der Waals surface area contributed by atoms with Gasteiger partial charge in [-0.2, -0.15) is 30.1 Å². The summed E-state index contributed by atoms with van der Waals surface area (Å²) >= 11 is 6.96. The molecule has 2 aliphatic heterocycles. The highest BCUT2D eigenvalue weighted by Gasteiger charge is 2.40. The Labute approximate surface area is 231 Å². The third-order valence-corrected chi connectivity index (χ3v) is 9.71. The molecule has 3 aromatic rings. The van der Waals surface area contributed by atoms with Gasteiger partial charge in [-0.15, -0.1) is 0 Å². The van der Waals surface area contributed by atoms with Crippen LogP contribution >= 0.6 is 11.6 Å². The molecule has 0 bridgehead atoms. The van der Waals surface area contributed by atoms with Gasteiger partial charge in [-0.25, -0.2) is 8.42 Å². The Balaban J connectivity index is 1.31. The molecule has 3 fully saturated rings. The quantitative estimate of drug-likeness (QED) is 0.433. The highest BCUT2D eigenvalue weighted by Crippen LogP contribution is 2.38. The Morgan fingerprint density at radius 2 is 1.95 bits per heavy atom. The van der Waals surface area contributed by atoms with E-state index in [1.807, 2.05) is 0 Å². The average molecular weight is 567 g/mol. The zero-order chi connectivity index (χ0) is 27.3. The molecular weight excluding hydrogens is 540 g/mol. The molecule has 1 aliphatic carbocycles. The number of hydrogen-bond acceptors (Lipinski definition) is 11. The molecule has 0 amide bonds. The van der Waals surface area contributed by atoms with Crippen LogP contribution in [-0.2, 0) is 9.84 Å². The van der Waals surface area contributed by atoms with Crippen molar-refractivity contribution in [3.8, 4) is 12.1 Å². The first-order chi connectivity index (χ1) is 18.8. The van der Waals surface area contributed by atoms with Gasteiger partial charge >= 0.3 is 0 Å². The molecule has 12 nitrogen and oxygen atoms in total. The van der Waals surface area contributed by atoms with E-state index in [2.05, 4.69) is 54.6 Å². The fourth-order valence-corrected chi connectivity index (χ4v) is 7.00. The first-order valence-corrected chi connectivity index (χ1v) is 15.1. The van der Waals surface area contributed by atoms with Crippen LogP contribution in [0.5, 0.6) is 0 Å². The second-order valence-electron chi connectivity index (χ2n) is 10.3. The average Bonchev–Trinajstić information content (AvgIpc) is 3.63. The number of nitriles is 2. The Hall–Kier alpha value is -3.65. The summed E-state index contributed by atoms with van der Waals surface area (Å²) < 4.78 is 25.0. The maximum Gasteiger partial charge on any atom is 0.232 e. The van der Waals surface area contributed by atoms with Crippen LogP contribution in [0, 0.1) is 22.7 Å². The molecule has 39 heavy (non-hydrogen) atoms. The summed E-state index contributed by atoms with van der Waals surface area (Å²) in [6.45, 7) is 4.18. The fraction of sp³-hybridized carbons (Fsp3) is 0.480. The van der Waals surface area contributed by atoms with Gasteiger partial charge in [-0.1, -0.05) is 18.5 Å². The number of fused-ring (bicyclic) bond motifs is 1. The molecule has 6 rings (SSSR count). The summed E-state index contributed by atoms with van der Waals surface area (Å²) in [6.07, 6.45) is 4.35. The molecule has 3 aliphatic rings. The molecule has 0 radical (unpaired) electrons. The SMILES string of the molecule is CC[C@H]1CN(C2CS(=O)(=O)C2)CCN1c1cc(C#N)cc(Nc2nc(NC3CC3)n3ncc(C#N)c3n2)c1Cl. The van der Waals surface area contributed by atoms with Gasteiger partial charge in [0.1, 0.15) is 11.6 Å². The predicted molar refractivity (Wildman–Crippen MR) is 147 cm³/mol. The van der Waals surface area contributed by atoms with Crippen LogP contribution in [0.4, 0.5) is 23.3 Å². The van der Waals surface area contributed by atoms with E-state index in [1.165, 1.54) is 10.7 Å². The molecule has 14 heteroatoms. The Bertz CT molecular complexity index is 1630. The lowest BCUT2D eigenvalue weighted by Gasteiger charge is -2.47. The Morgan fingerprint density at radius 3 is 2.62 bits per heavy atom. The molecular formula is C25H27ClN10O2S. The number of rotatable bonds is 7. The van der Waals surface area contributed by atoms with Gasteiger partial charge in [0.05, 0.1) is 45.7 Å². The summed E-state index contributed by atoms with van der Waals surface area (Å²) in [7, 11) is -2.90. The van der Waals surface area contributed by atoms with E-state index in [9.17, 15) is 18.9 Å².